The van der Waals surface area contributed by atoms with Crippen LogP contribution < -0.4 is 5.32 Å². The van der Waals surface area contributed by atoms with Crippen molar-refractivity contribution < 1.29 is 17.0 Å². The van der Waals surface area contributed by atoms with Gasteiger partial charge in [-0.3, -0.25) is 4.18 Å². The molecule has 0 aromatic heterocycles. The molecule has 1 aromatic carbocycles. The van der Waals surface area contributed by atoms with Crippen molar-refractivity contribution in [3.63, 3.8) is 0 Å². The maximum absolute atomic E-state index is 14.3. The van der Waals surface area contributed by atoms with Crippen LogP contribution in [0.4, 0.5) is 4.39 Å². The summed E-state index contributed by atoms with van der Waals surface area (Å²) in [6.07, 6.45) is 0.548. The van der Waals surface area contributed by atoms with Crippen LogP contribution in [-0.2, 0) is 14.3 Å². The third kappa shape index (κ3) is 3.75. The molecule has 1 aliphatic heterocycles. The average molecular weight is 287 g/mol. The normalized spacial score (nSPS) is 19.3. The molecule has 19 heavy (non-hydrogen) atoms. The van der Waals surface area contributed by atoms with E-state index >= 15 is 0 Å². The topological polar surface area (TPSA) is 55.4 Å². The SMILES string of the molecule is Cc1ccc(S(=O)(=O)OCC2(F)CCNCC2)cc1. The lowest BCUT2D eigenvalue weighted by Gasteiger charge is -2.29. The fourth-order valence-corrected chi connectivity index (χ4v) is 2.95. The predicted octanol–water partition coefficient (Wildman–Crippen LogP) is 1.79. The summed E-state index contributed by atoms with van der Waals surface area (Å²) in [6.45, 7) is 2.54. The van der Waals surface area contributed by atoms with E-state index in [2.05, 4.69) is 5.32 Å². The zero-order valence-electron chi connectivity index (χ0n) is 10.9. The van der Waals surface area contributed by atoms with E-state index in [9.17, 15) is 12.8 Å². The number of rotatable bonds is 4. The van der Waals surface area contributed by atoms with E-state index in [1.807, 2.05) is 6.92 Å². The quantitative estimate of drug-likeness (QED) is 0.858. The molecule has 106 valence electrons. The predicted molar refractivity (Wildman–Crippen MR) is 70.3 cm³/mol. The van der Waals surface area contributed by atoms with E-state index in [0.717, 1.165) is 5.56 Å². The van der Waals surface area contributed by atoms with Crippen molar-refractivity contribution in [1.82, 2.24) is 5.32 Å². The molecule has 6 heteroatoms. The molecule has 0 saturated carbocycles. The van der Waals surface area contributed by atoms with Gasteiger partial charge in [-0.05, 0) is 45.0 Å². The molecule has 1 aromatic rings. The van der Waals surface area contributed by atoms with Crippen molar-refractivity contribution in [2.75, 3.05) is 19.7 Å². The minimum absolute atomic E-state index is 0.0654. The minimum atomic E-state index is -3.87. The van der Waals surface area contributed by atoms with Gasteiger partial charge < -0.3 is 5.32 Å². The molecule has 0 atom stereocenters. The van der Waals surface area contributed by atoms with E-state index in [1.165, 1.54) is 12.1 Å². The molecule has 1 fully saturated rings. The van der Waals surface area contributed by atoms with E-state index in [1.54, 1.807) is 12.1 Å². The second kappa shape index (κ2) is 5.56. The second-order valence-corrected chi connectivity index (χ2v) is 6.55. The zero-order valence-corrected chi connectivity index (χ0v) is 11.7. The van der Waals surface area contributed by atoms with Crippen LogP contribution in [0, 0.1) is 6.92 Å². The third-order valence-electron chi connectivity index (χ3n) is 3.28. The lowest BCUT2D eigenvalue weighted by Crippen LogP contribution is -2.42. The van der Waals surface area contributed by atoms with Crippen LogP contribution in [0.3, 0.4) is 0 Å². The Kier molecular flexibility index (Phi) is 4.23. The minimum Gasteiger partial charge on any atom is -0.316 e. The summed E-state index contributed by atoms with van der Waals surface area (Å²) in [4.78, 5) is 0.0654. The van der Waals surface area contributed by atoms with Crippen LogP contribution in [-0.4, -0.2) is 33.8 Å². The second-order valence-electron chi connectivity index (χ2n) is 4.93. The van der Waals surface area contributed by atoms with E-state index in [-0.39, 0.29) is 17.7 Å². The lowest BCUT2D eigenvalue weighted by molar-refractivity contribution is 0.0566. The Morgan fingerprint density at radius 1 is 1.26 bits per heavy atom. The maximum Gasteiger partial charge on any atom is 0.297 e. The Morgan fingerprint density at radius 2 is 1.84 bits per heavy atom. The van der Waals surface area contributed by atoms with E-state index in [0.29, 0.717) is 13.1 Å². The summed E-state index contributed by atoms with van der Waals surface area (Å²) < 4.78 is 43.0. The Morgan fingerprint density at radius 3 is 2.42 bits per heavy atom. The average Bonchev–Trinajstić information content (AvgIpc) is 2.38. The highest BCUT2D eigenvalue weighted by molar-refractivity contribution is 7.86. The van der Waals surface area contributed by atoms with E-state index < -0.39 is 22.4 Å². The van der Waals surface area contributed by atoms with Crippen molar-refractivity contribution in [2.24, 2.45) is 0 Å². The first kappa shape index (κ1) is 14.4. The molecule has 0 radical (unpaired) electrons. The Bertz CT molecular complexity index is 521. The number of hydrogen-bond acceptors (Lipinski definition) is 4. The monoisotopic (exact) mass is 287 g/mol. The molecule has 1 aliphatic rings. The number of alkyl halides is 1. The first-order valence-electron chi connectivity index (χ1n) is 6.27. The van der Waals surface area contributed by atoms with Gasteiger partial charge in [0, 0.05) is 0 Å². The number of aryl methyl sites for hydroxylation is 1. The molecule has 0 bridgehead atoms. The molecule has 2 rings (SSSR count). The summed E-state index contributed by atoms with van der Waals surface area (Å²) in [6, 6.07) is 6.31. The molecule has 0 aliphatic carbocycles. The van der Waals surface area contributed by atoms with E-state index in [4.69, 9.17) is 4.18 Å². The van der Waals surface area contributed by atoms with Crippen LogP contribution in [0.1, 0.15) is 18.4 Å². The van der Waals surface area contributed by atoms with Crippen LogP contribution in [0.5, 0.6) is 0 Å². The van der Waals surface area contributed by atoms with Crippen LogP contribution in [0.2, 0.25) is 0 Å². The third-order valence-corrected chi connectivity index (χ3v) is 4.56. The van der Waals surface area contributed by atoms with Gasteiger partial charge in [-0.1, -0.05) is 17.7 Å². The van der Waals surface area contributed by atoms with Gasteiger partial charge in [-0.25, -0.2) is 4.39 Å². The summed E-state index contributed by atoms with van der Waals surface area (Å²) >= 11 is 0. The highest BCUT2D eigenvalue weighted by Crippen LogP contribution is 2.25. The summed E-state index contributed by atoms with van der Waals surface area (Å²) in [5, 5.41) is 3.03. The molecular formula is C13H18FNO3S. The Hall–Kier alpha value is -0.980. The summed E-state index contributed by atoms with van der Waals surface area (Å²) in [5.74, 6) is 0. The number of piperidine rings is 1. The highest BCUT2D eigenvalue weighted by Gasteiger charge is 2.34. The van der Waals surface area contributed by atoms with Crippen molar-refractivity contribution in [2.45, 2.75) is 30.3 Å². The standard InChI is InChI=1S/C13H18FNO3S/c1-11-2-4-12(5-3-11)19(16,17)18-10-13(14)6-8-15-9-7-13/h2-5,15H,6-10H2,1H3. The first-order valence-corrected chi connectivity index (χ1v) is 7.68. The van der Waals surface area contributed by atoms with Gasteiger partial charge in [0.25, 0.3) is 10.1 Å². The van der Waals surface area contributed by atoms with Gasteiger partial charge in [0.15, 0.2) is 0 Å². The lowest BCUT2D eigenvalue weighted by atomic mass is 9.96. The van der Waals surface area contributed by atoms with Gasteiger partial charge >= 0.3 is 0 Å². The van der Waals surface area contributed by atoms with Crippen LogP contribution in [0.15, 0.2) is 29.2 Å². The highest BCUT2D eigenvalue weighted by atomic mass is 32.2. The van der Waals surface area contributed by atoms with Crippen LogP contribution in [0.25, 0.3) is 0 Å². The number of halogens is 1. The largest absolute Gasteiger partial charge is 0.316 e. The van der Waals surface area contributed by atoms with Crippen LogP contribution >= 0.6 is 0 Å². The van der Waals surface area contributed by atoms with Crippen molar-refractivity contribution in [3.8, 4) is 0 Å². The maximum atomic E-state index is 14.3. The van der Waals surface area contributed by atoms with Gasteiger partial charge in [-0.2, -0.15) is 8.42 Å². The smallest absolute Gasteiger partial charge is 0.297 e. The fourth-order valence-electron chi connectivity index (χ4n) is 1.98. The number of hydrogen-bond donors (Lipinski definition) is 1. The fraction of sp³-hybridized carbons (Fsp3) is 0.538. The molecule has 0 unspecified atom stereocenters. The Balaban J connectivity index is 2.03. The molecule has 0 spiro atoms. The summed E-state index contributed by atoms with van der Waals surface area (Å²) in [5.41, 5.74) is -0.595. The molecule has 1 saturated heterocycles. The molecule has 1 heterocycles. The molecule has 1 N–H and O–H groups in total. The number of benzene rings is 1. The molecular weight excluding hydrogens is 269 g/mol. The van der Waals surface area contributed by atoms with Gasteiger partial charge in [0.05, 0.1) is 4.90 Å². The Labute approximate surface area is 113 Å². The van der Waals surface area contributed by atoms with Gasteiger partial charge in [-0.15, -0.1) is 0 Å². The first-order chi connectivity index (χ1) is 8.91. The van der Waals surface area contributed by atoms with Gasteiger partial charge in [0.1, 0.15) is 12.3 Å². The van der Waals surface area contributed by atoms with Crippen molar-refractivity contribution in [3.05, 3.63) is 29.8 Å². The molecule has 0 amide bonds. The number of nitrogens with one attached hydrogen (secondary N) is 1. The molecule has 4 nitrogen and oxygen atoms in total. The zero-order chi connectivity index (χ0) is 13.9. The van der Waals surface area contributed by atoms with Crippen molar-refractivity contribution >= 4 is 10.1 Å². The van der Waals surface area contributed by atoms with Gasteiger partial charge in [0.2, 0.25) is 0 Å². The summed E-state index contributed by atoms with van der Waals surface area (Å²) in [7, 11) is -3.87. The van der Waals surface area contributed by atoms with Crippen molar-refractivity contribution in [1.29, 1.82) is 0 Å².